The zero-order valence-electron chi connectivity index (χ0n) is 9.18. The van der Waals surface area contributed by atoms with Crippen molar-refractivity contribution in [2.75, 3.05) is 0 Å². The average molecular weight is 414 g/mol. The maximum atomic E-state index is 12.8. The molecule has 1 aromatic rings. The molecular formula is C10H5F6IO3. The summed E-state index contributed by atoms with van der Waals surface area (Å²) in [5.41, 5.74) is -4.70. The molecule has 0 saturated carbocycles. The number of hydrogen-bond donors (Lipinski definition) is 2. The molecule has 1 atom stereocenters. The lowest BCUT2D eigenvalue weighted by molar-refractivity contribution is -0.162. The van der Waals surface area contributed by atoms with E-state index in [-0.39, 0.29) is 6.07 Å². The van der Waals surface area contributed by atoms with Gasteiger partial charge in [-0.1, -0.05) is 6.07 Å². The number of carbonyl (C=O) groups is 1. The van der Waals surface area contributed by atoms with E-state index in [9.17, 15) is 36.2 Å². The fraction of sp³-hybridized carbons (Fsp3) is 0.300. The highest BCUT2D eigenvalue weighted by Gasteiger charge is 2.45. The first-order valence-corrected chi connectivity index (χ1v) is 5.83. The van der Waals surface area contributed by atoms with Gasteiger partial charge in [-0.05, 0) is 28.7 Å². The molecule has 0 aromatic heterocycles. The predicted molar refractivity (Wildman–Crippen MR) is 61.8 cm³/mol. The molecule has 0 heterocycles. The summed E-state index contributed by atoms with van der Waals surface area (Å²) in [7, 11) is 0. The van der Waals surface area contributed by atoms with Crippen molar-refractivity contribution in [2.24, 2.45) is 0 Å². The number of hydrogen-bond acceptors (Lipinski definition) is 2. The van der Waals surface area contributed by atoms with Gasteiger partial charge < -0.3 is 10.2 Å². The third-order valence-electron chi connectivity index (χ3n) is 2.29. The van der Waals surface area contributed by atoms with E-state index >= 15 is 0 Å². The van der Waals surface area contributed by atoms with Gasteiger partial charge in [0.15, 0.2) is 6.10 Å². The lowest BCUT2D eigenvalue weighted by atomic mass is 10.00. The topological polar surface area (TPSA) is 57.5 Å². The van der Waals surface area contributed by atoms with Crippen molar-refractivity contribution in [2.45, 2.75) is 18.5 Å². The highest BCUT2D eigenvalue weighted by Crippen LogP contribution is 2.44. The lowest BCUT2D eigenvalue weighted by Crippen LogP contribution is -2.21. The number of aliphatic hydroxyl groups is 1. The number of alkyl halides is 6. The summed E-state index contributed by atoms with van der Waals surface area (Å²) in [6, 6.07) is 0.616. The molecule has 20 heavy (non-hydrogen) atoms. The van der Waals surface area contributed by atoms with Gasteiger partial charge >= 0.3 is 18.3 Å². The zero-order chi connectivity index (χ0) is 15.9. The highest BCUT2D eigenvalue weighted by molar-refractivity contribution is 14.1. The second kappa shape index (κ2) is 5.39. The second-order valence-electron chi connectivity index (χ2n) is 3.63. The molecule has 1 rings (SSSR count). The van der Waals surface area contributed by atoms with E-state index in [0.29, 0.717) is 6.07 Å². The van der Waals surface area contributed by atoms with E-state index in [0.717, 1.165) is 22.6 Å². The Hall–Kier alpha value is -1.04. The van der Waals surface area contributed by atoms with Crippen molar-refractivity contribution in [1.29, 1.82) is 0 Å². The highest BCUT2D eigenvalue weighted by atomic mass is 127. The Balaban J connectivity index is 3.65. The molecule has 0 fully saturated rings. The van der Waals surface area contributed by atoms with Crippen molar-refractivity contribution in [3.8, 4) is 0 Å². The Morgan fingerprint density at radius 2 is 1.60 bits per heavy atom. The van der Waals surface area contributed by atoms with Crippen LogP contribution in [0.5, 0.6) is 0 Å². The van der Waals surface area contributed by atoms with E-state index in [1.807, 2.05) is 0 Å². The number of aliphatic carboxylic acids is 1. The monoisotopic (exact) mass is 414 g/mol. The number of aliphatic hydroxyl groups excluding tert-OH is 1. The average Bonchev–Trinajstić information content (AvgIpc) is 2.24. The van der Waals surface area contributed by atoms with Crippen LogP contribution in [0.1, 0.15) is 22.8 Å². The van der Waals surface area contributed by atoms with Gasteiger partial charge in [0.25, 0.3) is 0 Å². The summed E-state index contributed by atoms with van der Waals surface area (Å²) in [4.78, 5) is 10.5. The number of rotatable bonds is 2. The molecule has 1 unspecified atom stereocenters. The third kappa shape index (κ3) is 3.34. The molecule has 1 aromatic carbocycles. The van der Waals surface area contributed by atoms with Gasteiger partial charge in [0.05, 0.1) is 11.1 Å². The fourth-order valence-electron chi connectivity index (χ4n) is 1.45. The van der Waals surface area contributed by atoms with Crippen LogP contribution in [0.15, 0.2) is 12.1 Å². The largest absolute Gasteiger partial charge is 0.479 e. The van der Waals surface area contributed by atoms with Crippen LogP contribution < -0.4 is 0 Å². The van der Waals surface area contributed by atoms with Crippen molar-refractivity contribution < 1.29 is 41.4 Å². The number of carboxylic acid groups (broad SMARTS) is 1. The molecule has 0 aliphatic rings. The van der Waals surface area contributed by atoms with Crippen molar-refractivity contribution >= 4 is 28.6 Å². The van der Waals surface area contributed by atoms with E-state index < -0.39 is 44.7 Å². The van der Waals surface area contributed by atoms with Crippen molar-refractivity contribution in [1.82, 2.24) is 0 Å². The molecule has 10 heteroatoms. The Bertz CT molecular complexity index is 537. The molecule has 3 nitrogen and oxygen atoms in total. The van der Waals surface area contributed by atoms with Gasteiger partial charge in [-0.25, -0.2) is 4.79 Å². The van der Waals surface area contributed by atoms with Gasteiger partial charge in [-0.3, -0.25) is 0 Å². The predicted octanol–water partition coefficient (Wildman–Crippen LogP) is 3.45. The van der Waals surface area contributed by atoms with E-state index in [4.69, 9.17) is 5.11 Å². The summed E-state index contributed by atoms with van der Waals surface area (Å²) < 4.78 is 75.0. The Morgan fingerprint density at radius 1 is 1.10 bits per heavy atom. The maximum Gasteiger partial charge on any atom is 0.418 e. The quantitative estimate of drug-likeness (QED) is 0.576. The molecule has 0 radical (unpaired) electrons. The minimum absolute atomic E-state index is 0.104. The van der Waals surface area contributed by atoms with Crippen LogP contribution in [0.4, 0.5) is 26.3 Å². The molecule has 0 aliphatic carbocycles. The van der Waals surface area contributed by atoms with Crippen LogP contribution in [0.2, 0.25) is 0 Å². The number of carboxylic acids is 1. The summed E-state index contributed by atoms with van der Waals surface area (Å²) >= 11 is 0.937. The minimum atomic E-state index is -5.34. The smallest absolute Gasteiger partial charge is 0.418 e. The van der Waals surface area contributed by atoms with Crippen LogP contribution >= 0.6 is 22.6 Å². The third-order valence-corrected chi connectivity index (χ3v) is 3.45. The van der Waals surface area contributed by atoms with E-state index in [1.54, 1.807) is 0 Å². The summed E-state index contributed by atoms with van der Waals surface area (Å²) in [5, 5.41) is 17.7. The fourth-order valence-corrected chi connectivity index (χ4v) is 2.52. The first-order chi connectivity index (χ1) is 8.87. The number of benzene rings is 1. The van der Waals surface area contributed by atoms with E-state index in [2.05, 4.69) is 0 Å². The van der Waals surface area contributed by atoms with Gasteiger partial charge in [0, 0.05) is 9.13 Å². The molecule has 0 amide bonds. The minimum Gasteiger partial charge on any atom is -0.479 e. The van der Waals surface area contributed by atoms with Crippen LogP contribution in [0.25, 0.3) is 0 Å². The lowest BCUT2D eigenvalue weighted by Gasteiger charge is -2.20. The van der Waals surface area contributed by atoms with E-state index in [1.165, 1.54) is 0 Å². The van der Waals surface area contributed by atoms with Crippen LogP contribution in [-0.4, -0.2) is 16.2 Å². The normalized spacial score (nSPS) is 14.2. The standard InChI is InChI=1S/C10H5F6IO3/c11-9(12,13)4-2-1-3(7(18)8(19)20)6(17)5(4)10(14,15)16/h1-2,7,18H,(H,19,20). The summed E-state index contributed by atoms with van der Waals surface area (Å²) in [5.74, 6) is -1.87. The molecule has 112 valence electrons. The summed E-state index contributed by atoms with van der Waals surface area (Å²) in [6.07, 6.45) is -12.9. The molecular weight excluding hydrogens is 409 g/mol. The molecule has 2 N–H and O–H groups in total. The molecule has 0 spiro atoms. The Morgan fingerprint density at radius 3 is 1.95 bits per heavy atom. The van der Waals surface area contributed by atoms with Gasteiger partial charge in [0.1, 0.15) is 0 Å². The molecule has 0 aliphatic heterocycles. The molecule has 0 bridgehead atoms. The SMILES string of the molecule is O=C(O)C(O)c1ccc(C(F)(F)F)c(C(F)(F)F)c1I. The van der Waals surface area contributed by atoms with Gasteiger partial charge in [-0.15, -0.1) is 0 Å². The van der Waals surface area contributed by atoms with Gasteiger partial charge in [-0.2, -0.15) is 26.3 Å². The Kier molecular flexibility index (Phi) is 4.58. The van der Waals surface area contributed by atoms with Crippen LogP contribution in [-0.2, 0) is 17.1 Å². The maximum absolute atomic E-state index is 12.8. The van der Waals surface area contributed by atoms with Crippen molar-refractivity contribution in [3.05, 3.63) is 32.4 Å². The summed E-state index contributed by atoms with van der Waals surface area (Å²) in [6.45, 7) is 0. The zero-order valence-corrected chi connectivity index (χ0v) is 11.3. The second-order valence-corrected chi connectivity index (χ2v) is 4.71. The number of halogens is 7. The molecule has 0 saturated heterocycles. The van der Waals surface area contributed by atoms with Crippen molar-refractivity contribution in [3.63, 3.8) is 0 Å². The van der Waals surface area contributed by atoms with Crippen LogP contribution in [0.3, 0.4) is 0 Å². The van der Waals surface area contributed by atoms with Gasteiger partial charge in [0.2, 0.25) is 0 Å². The Labute approximate surface area is 121 Å². The first kappa shape index (κ1) is 17.0. The van der Waals surface area contributed by atoms with Crippen LogP contribution in [0, 0.1) is 3.57 Å². The first-order valence-electron chi connectivity index (χ1n) is 4.75.